The number of fused-ring (bicyclic) bond motifs is 2. The molecular weight excluding hydrogens is 402 g/mol. The van der Waals surface area contributed by atoms with E-state index in [9.17, 15) is 9.59 Å². The van der Waals surface area contributed by atoms with Crippen molar-refractivity contribution in [3.8, 4) is 0 Å². The van der Waals surface area contributed by atoms with Gasteiger partial charge in [0.2, 0.25) is 5.91 Å². The standard InChI is InChI=1S/C25H23N5O2/c31-22(16-30-21-9-5-4-6-17(21)14-26-30)29-13-10-20-19(15-29)23(32)28-24(27-20)25(11-12-25)18-7-2-1-3-8-18/h1-9,14H,10-13,15-16H2,(H,27,28,32). The van der Waals surface area contributed by atoms with Crippen LogP contribution in [-0.2, 0) is 29.7 Å². The molecule has 160 valence electrons. The number of carbonyl (C=O) groups is 1. The smallest absolute Gasteiger partial charge is 0.256 e. The summed E-state index contributed by atoms with van der Waals surface area (Å²) in [4.78, 5) is 35.6. The van der Waals surface area contributed by atoms with Crippen LogP contribution in [0.15, 0.2) is 65.6 Å². The van der Waals surface area contributed by atoms with E-state index in [0.717, 1.165) is 35.3 Å². The first-order valence-corrected chi connectivity index (χ1v) is 11.0. The molecule has 1 N–H and O–H groups in total. The second-order valence-electron chi connectivity index (χ2n) is 8.71. The summed E-state index contributed by atoms with van der Waals surface area (Å²) in [5.74, 6) is 0.714. The van der Waals surface area contributed by atoms with Gasteiger partial charge in [-0.1, -0.05) is 48.5 Å². The SMILES string of the molecule is O=C(Cn1ncc2ccccc21)N1CCc2nc(C3(c4ccccc4)CC3)[nH]c(=O)c2C1. The molecule has 0 bridgehead atoms. The highest BCUT2D eigenvalue weighted by Gasteiger charge is 2.48. The van der Waals surface area contributed by atoms with Crippen LogP contribution >= 0.6 is 0 Å². The highest BCUT2D eigenvalue weighted by atomic mass is 16.2. The summed E-state index contributed by atoms with van der Waals surface area (Å²) in [7, 11) is 0. The number of benzene rings is 2. The maximum Gasteiger partial charge on any atom is 0.256 e. The Morgan fingerprint density at radius 2 is 1.84 bits per heavy atom. The zero-order valence-electron chi connectivity index (χ0n) is 17.6. The van der Waals surface area contributed by atoms with E-state index < -0.39 is 0 Å². The van der Waals surface area contributed by atoms with Gasteiger partial charge in [-0.25, -0.2) is 4.98 Å². The first kappa shape index (κ1) is 19.0. The maximum atomic E-state index is 13.0. The molecule has 2 aromatic carbocycles. The van der Waals surface area contributed by atoms with Gasteiger partial charge in [-0.3, -0.25) is 14.3 Å². The van der Waals surface area contributed by atoms with Gasteiger partial charge in [0, 0.05) is 18.4 Å². The van der Waals surface area contributed by atoms with Crippen molar-refractivity contribution in [3.63, 3.8) is 0 Å². The van der Waals surface area contributed by atoms with Gasteiger partial charge in [0.25, 0.3) is 5.56 Å². The van der Waals surface area contributed by atoms with Crippen molar-refractivity contribution in [1.29, 1.82) is 0 Å². The van der Waals surface area contributed by atoms with Crippen LogP contribution in [0.1, 0.15) is 35.5 Å². The van der Waals surface area contributed by atoms with Gasteiger partial charge in [-0.15, -0.1) is 0 Å². The number of rotatable bonds is 4. The lowest BCUT2D eigenvalue weighted by Gasteiger charge is -2.28. The summed E-state index contributed by atoms with van der Waals surface area (Å²) in [6.45, 7) is 0.997. The highest BCUT2D eigenvalue weighted by molar-refractivity contribution is 5.82. The van der Waals surface area contributed by atoms with Crippen LogP contribution in [0.5, 0.6) is 0 Å². The zero-order valence-corrected chi connectivity index (χ0v) is 17.6. The number of nitrogens with one attached hydrogen (secondary N) is 1. The van der Waals surface area contributed by atoms with Crippen LogP contribution in [0.25, 0.3) is 10.9 Å². The predicted molar refractivity (Wildman–Crippen MR) is 120 cm³/mol. The topological polar surface area (TPSA) is 83.9 Å². The number of hydrogen-bond donors (Lipinski definition) is 1. The van der Waals surface area contributed by atoms with Crippen molar-refractivity contribution in [2.45, 2.75) is 37.8 Å². The third-order valence-electron chi connectivity index (χ3n) is 6.79. The van der Waals surface area contributed by atoms with Crippen LogP contribution in [-0.4, -0.2) is 37.1 Å². The third-order valence-corrected chi connectivity index (χ3v) is 6.79. The minimum Gasteiger partial charge on any atom is -0.336 e. The van der Waals surface area contributed by atoms with Crippen LogP contribution in [0, 0.1) is 0 Å². The monoisotopic (exact) mass is 425 g/mol. The van der Waals surface area contributed by atoms with E-state index in [1.54, 1.807) is 15.8 Å². The van der Waals surface area contributed by atoms with Crippen molar-refractivity contribution in [3.05, 3.63) is 93.8 Å². The zero-order chi connectivity index (χ0) is 21.7. The molecule has 6 rings (SSSR count). The summed E-state index contributed by atoms with van der Waals surface area (Å²) < 4.78 is 1.72. The number of carbonyl (C=O) groups excluding carboxylic acids is 1. The van der Waals surface area contributed by atoms with E-state index in [0.29, 0.717) is 18.5 Å². The minimum atomic E-state index is -0.177. The molecule has 0 unspecified atom stereocenters. The van der Waals surface area contributed by atoms with E-state index in [1.165, 1.54) is 5.56 Å². The molecule has 1 saturated carbocycles. The van der Waals surface area contributed by atoms with Gasteiger partial charge in [-0.05, 0) is 24.5 Å². The molecule has 2 aromatic heterocycles. The predicted octanol–water partition coefficient (Wildman–Crippen LogP) is 2.78. The van der Waals surface area contributed by atoms with Crippen LogP contribution in [0.3, 0.4) is 0 Å². The molecule has 32 heavy (non-hydrogen) atoms. The minimum absolute atomic E-state index is 0.0454. The Labute approximate surface area is 184 Å². The second-order valence-corrected chi connectivity index (χ2v) is 8.71. The van der Waals surface area contributed by atoms with E-state index in [4.69, 9.17) is 4.98 Å². The Morgan fingerprint density at radius 1 is 1.06 bits per heavy atom. The number of aromatic amines is 1. The molecule has 1 aliphatic carbocycles. The molecule has 1 amide bonds. The third kappa shape index (κ3) is 3.04. The molecule has 0 spiro atoms. The van der Waals surface area contributed by atoms with Gasteiger partial charge >= 0.3 is 0 Å². The molecule has 1 aliphatic heterocycles. The Kier molecular flexibility index (Phi) is 4.24. The summed E-state index contributed by atoms with van der Waals surface area (Å²) in [6, 6.07) is 18.1. The Morgan fingerprint density at radius 3 is 2.66 bits per heavy atom. The molecule has 2 aliphatic rings. The molecular formula is C25H23N5O2. The first-order valence-electron chi connectivity index (χ1n) is 11.0. The fourth-order valence-corrected chi connectivity index (χ4v) is 4.79. The number of hydrogen-bond acceptors (Lipinski definition) is 4. The van der Waals surface area contributed by atoms with Crippen molar-refractivity contribution in [2.24, 2.45) is 0 Å². The molecule has 0 radical (unpaired) electrons. The summed E-state index contributed by atoms with van der Waals surface area (Å²) in [6.07, 6.45) is 4.33. The molecule has 1 fully saturated rings. The van der Waals surface area contributed by atoms with Gasteiger partial charge < -0.3 is 9.88 Å². The Bertz CT molecular complexity index is 1380. The average Bonchev–Trinajstić information content (AvgIpc) is 3.55. The lowest BCUT2D eigenvalue weighted by Crippen LogP contribution is -2.41. The Balaban J connectivity index is 1.25. The number of aromatic nitrogens is 4. The number of nitrogens with zero attached hydrogens (tertiary/aromatic N) is 4. The second kappa shape index (κ2) is 7.15. The molecule has 4 aromatic rings. The lowest BCUT2D eigenvalue weighted by atomic mass is 9.94. The maximum absolute atomic E-state index is 13.0. The van der Waals surface area contributed by atoms with Gasteiger partial charge in [0.15, 0.2) is 0 Å². The Hall–Kier alpha value is -3.74. The molecule has 0 atom stereocenters. The van der Waals surface area contributed by atoms with Crippen molar-refractivity contribution >= 4 is 16.8 Å². The fraction of sp³-hybridized carbons (Fsp3) is 0.280. The number of para-hydroxylation sites is 1. The summed E-state index contributed by atoms with van der Waals surface area (Å²) in [5.41, 5.74) is 3.24. The van der Waals surface area contributed by atoms with Gasteiger partial charge in [0.05, 0.1) is 34.9 Å². The summed E-state index contributed by atoms with van der Waals surface area (Å²) in [5, 5.41) is 5.36. The van der Waals surface area contributed by atoms with E-state index in [2.05, 4.69) is 22.2 Å². The van der Waals surface area contributed by atoms with E-state index >= 15 is 0 Å². The summed E-state index contributed by atoms with van der Waals surface area (Å²) >= 11 is 0. The van der Waals surface area contributed by atoms with Crippen molar-refractivity contribution < 1.29 is 4.79 Å². The van der Waals surface area contributed by atoms with Crippen molar-refractivity contribution in [1.82, 2.24) is 24.6 Å². The van der Waals surface area contributed by atoms with E-state index in [1.807, 2.05) is 42.5 Å². The molecule has 0 saturated heterocycles. The molecule has 7 nitrogen and oxygen atoms in total. The normalized spacial score (nSPS) is 16.7. The fourth-order valence-electron chi connectivity index (χ4n) is 4.79. The quantitative estimate of drug-likeness (QED) is 0.545. The van der Waals surface area contributed by atoms with Gasteiger partial charge in [0.1, 0.15) is 12.4 Å². The van der Waals surface area contributed by atoms with Crippen molar-refractivity contribution in [2.75, 3.05) is 6.54 Å². The number of amides is 1. The largest absolute Gasteiger partial charge is 0.336 e. The lowest BCUT2D eigenvalue weighted by molar-refractivity contribution is -0.132. The highest BCUT2D eigenvalue weighted by Crippen LogP contribution is 2.51. The first-order chi connectivity index (χ1) is 15.6. The average molecular weight is 425 g/mol. The molecule has 3 heterocycles. The molecule has 7 heteroatoms. The van der Waals surface area contributed by atoms with E-state index in [-0.39, 0.29) is 30.0 Å². The van der Waals surface area contributed by atoms with Gasteiger partial charge in [-0.2, -0.15) is 5.10 Å². The van der Waals surface area contributed by atoms with Crippen LogP contribution in [0.4, 0.5) is 0 Å². The van der Waals surface area contributed by atoms with Crippen LogP contribution < -0.4 is 5.56 Å². The number of H-pyrrole nitrogens is 1. The van der Waals surface area contributed by atoms with Crippen LogP contribution in [0.2, 0.25) is 0 Å².